The molecule has 1 fully saturated rings. The van der Waals surface area contributed by atoms with Crippen LogP contribution in [-0.2, 0) is 0 Å². The molecule has 21 heavy (non-hydrogen) atoms. The second kappa shape index (κ2) is 5.84. The molecule has 2 aromatic rings. The molecule has 1 aliphatic rings. The normalized spacial score (nSPS) is 26.0. The van der Waals surface area contributed by atoms with Crippen molar-refractivity contribution in [3.8, 4) is 5.75 Å². The summed E-state index contributed by atoms with van der Waals surface area (Å²) in [5, 5.41) is 0.982. The fourth-order valence-electron chi connectivity index (χ4n) is 3.42. The summed E-state index contributed by atoms with van der Waals surface area (Å²) in [7, 11) is 0. The van der Waals surface area contributed by atoms with E-state index >= 15 is 0 Å². The van der Waals surface area contributed by atoms with Crippen molar-refractivity contribution in [2.24, 2.45) is 11.8 Å². The van der Waals surface area contributed by atoms with E-state index in [1.165, 1.54) is 6.42 Å². The predicted octanol–water partition coefficient (Wildman–Crippen LogP) is 4.78. The van der Waals surface area contributed by atoms with Crippen LogP contribution in [0.25, 0.3) is 10.9 Å². The van der Waals surface area contributed by atoms with Gasteiger partial charge < -0.3 is 10.5 Å². The molecule has 3 nitrogen and oxygen atoms in total. The van der Waals surface area contributed by atoms with Gasteiger partial charge in [0.05, 0.1) is 23.5 Å². The van der Waals surface area contributed by atoms with E-state index in [1.807, 2.05) is 18.2 Å². The number of rotatable bonds is 2. The Bertz CT molecular complexity index is 643. The molecule has 0 bridgehead atoms. The Morgan fingerprint density at radius 3 is 2.62 bits per heavy atom. The second-order valence-electron chi connectivity index (χ2n) is 6.36. The summed E-state index contributed by atoms with van der Waals surface area (Å²) in [4.78, 5) is 4.38. The molecule has 0 saturated heterocycles. The van der Waals surface area contributed by atoms with E-state index in [-0.39, 0.29) is 6.10 Å². The Hall–Kier alpha value is -1.29. The average Bonchev–Trinajstić information content (AvgIpc) is 2.41. The van der Waals surface area contributed by atoms with Gasteiger partial charge in [-0.05, 0) is 49.3 Å². The fraction of sp³-hybridized carbons (Fsp3) is 0.471. The molecule has 4 heteroatoms. The van der Waals surface area contributed by atoms with Crippen LogP contribution in [0.3, 0.4) is 0 Å². The lowest BCUT2D eigenvalue weighted by Crippen LogP contribution is -2.28. The molecular formula is C17H21BrN2O. The van der Waals surface area contributed by atoms with Gasteiger partial charge in [-0.1, -0.05) is 29.8 Å². The quantitative estimate of drug-likeness (QED) is 0.849. The zero-order valence-electron chi connectivity index (χ0n) is 12.5. The van der Waals surface area contributed by atoms with Gasteiger partial charge in [0.2, 0.25) is 0 Å². The van der Waals surface area contributed by atoms with Crippen LogP contribution < -0.4 is 10.5 Å². The third-order valence-corrected chi connectivity index (χ3v) is 4.72. The van der Waals surface area contributed by atoms with Crippen LogP contribution in [0.15, 0.2) is 28.9 Å². The van der Waals surface area contributed by atoms with Crippen molar-refractivity contribution in [3.63, 3.8) is 0 Å². The SMILES string of the molecule is CC1CC(C)CC(Oc2c(N)cnc3ccc(Br)cc23)C1. The van der Waals surface area contributed by atoms with Crippen molar-refractivity contribution < 1.29 is 4.74 Å². The molecule has 3 rings (SSSR count). The summed E-state index contributed by atoms with van der Waals surface area (Å²) in [6.45, 7) is 4.60. The van der Waals surface area contributed by atoms with Gasteiger partial charge in [-0.3, -0.25) is 4.98 Å². The molecule has 0 spiro atoms. The van der Waals surface area contributed by atoms with Gasteiger partial charge in [-0.25, -0.2) is 0 Å². The smallest absolute Gasteiger partial charge is 0.153 e. The first-order valence-corrected chi connectivity index (χ1v) is 8.32. The lowest BCUT2D eigenvalue weighted by molar-refractivity contribution is 0.103. The summed E-state index contributed by atoms with van der Waals surface area (Å²) in [5.74, 6) is 2.20. The first-order valence-electron chi connectivity index (χ1n) is 7.53. The van der Waals surface area contributed by atoms with Crippen LogP contribution >= 0.6 is 15.9 Å². The highest BCUT2D eigenvalue weighted by Crippen LogP contribution is 2.37. The summed E-state index contributed by atoms with van der Waals surface area (Å²) in [6.07, 6.45) is 5.43. The number of nitrogens with two attached hydrogens (primary N) is 1. The number of halogens is 1. The van der Waals surface area contributed by atoms with Gasteiger partial charge in [0, 0.05) is 9.86 Å². The zero-order chi connectivity index (χ0) is 15.0. The molecule has 1 heterocycles. The maximum atomic E-state index is 6.31. The maximum absolute atomic E-state index is 6.31. The number of anilines is 1. The van der Waals surface area contributed by atoms with E-state index in [2.05, 4.69) is 34.8 Å². The van der Waals surface area contributed by atoms with Gasteiger partial charge >= 0.3 is 0 Å². The third-order valence-electron chi connectivity index (χ3n) is 4.23. The van der Waals surface area contributed by atoms with Crippen LogP contribution in [0, 0.1) is 11.8 Å². The number of benzene rings is 1. The highest BCUT2D eigenvalue weighted by atomic mass is 79.9. The molecule has 2 atom stereocenters. The zero-order valence-corrected chi connectivity index (χ0v) is 14.1. The highest BCUT2D eigenvalue weighted by Gasteiger charge is 2.26. The monoisotopic (exact) mass is 348 g/mol. The van der Waals surface area contributed by atoms with E-state index in [0.29, 0.717) is 17.5 Å². The number of pyridine rings is 1. The molecule has 1 saturated carbocycles. The number of ether oxygens (including phenoxy) is 1. The Balaban J connectivity index is 1.96. The molecule has 0 radical (unpaired) electrons. The van der Waals surface area contributed by atoms with E-state index < -0.39 is 0 Å². The van der Waals surface area contributed by atoms with E-state index in [0.717, 1.165) is 34.0 Å². The van der Waals surface area contributed by atoms with Crippen molar-refractivity contribution in [3.05, 3.63) is 28.9 Å². The van der Waals surface area contributed by atoms with Crippen molar-refractivity contribution in [1.29, 1.82) is 0 Å². The molecule has 0 aliphatic heterocycles. The molecule has 112 valence electrons. The number of fused-ring (bicyclic) bond motifs is 1. The summed E-state index contributed by atoms with van der Waals surface area (Å²) in [6, 6.07) is 6.00. The molecule has 1 aliphatic carbocycles. The molecule has 0 amide bonds. The Morgan fingerprint density at radius 1 is 1.19 bits per heavy atom. The number of hydrogen-bond acceptors (Lipinski definition) is 3. The van der Waals surface area contributed by atoms with Crippen molar-refractivity contribution in [1.82, 2.24) is 4.98 Å². The molecule has 2 N–H and O–H groups in total. The highest BCUT2D eigenvalue weighted by molar-refractivity contribution is 9.10. The van der Waals surface area contributed by atoms with Gasteiger partial charge in [0.1, 0.15) is 0 Å². The second-order valence-corrected chi connectivity index (χ2v) is 7.28. The summed E-state index contributed by atoms with van der Waals surface area (Å²) < 4.78 is 7.32. The maximum Gasteiger partial charge on any atom is 0.153 e. The largest absolute Gasteiger partial charge is 0.487 e. The number of nitrogens with zero attached hydrogens (tertiary/aromatic N) is 1. The number of aromatic nitrogens is 1. The van der Waals surface area contributed by atoms with Crippen LogP contribution in [0.5, 0.6) is 5.75 Å². The Labute approximate surface area is 134 Å². The van der Waals surface area contributed by atoms with Crippen LogP contribution in [0.2, 0.25) is 0 Å². The molecule has 2 unspecified atom stereocenters. The Morgan fingerprint density at radius 2 is 1.90 bits per heavy atom. The molecular weight excluding hydrogens is 328 g/mol. The van der Waals surface area contributed by atoms with Crippen molar-refractivity contribution in [2.75, 3.05) is 5.73 Å². The topological polar surface area (TPSA) is 48.1 Å². The minimum atomic E-state index is 0.246. The van der Waals surface area contributed by atoms with E-state index in [1.54, 1.807) is 6.20 Å². The van der Waals surface area contributed by atoms with Gasteiger partial charge in [0.15, 0.2) is 5.75 Å². The summed E-state index contributed by atoms with van der Waals surface area (Å²) in [5.41, 5.74) is 7.65. The van der Waals surface area contributed by atoms with Gasteiger partial charge in [-0.15, -0.1) is 0 Å². The first-order chi connectivity index (χ1) is 10.0. The first kappa shape index (κ1) is 14.6. The standard InChI is InChI=1S/C17H21BrN2O/c1-10-5-11(2)7-13(6-10)21-17-14-8-12(18)3-4-16(14)20-9-15(17)19/h3-4,8-11,13H,5-7,19H2,1-2H3. The van der Waals surface area contributed by atoms with Gasteiger partial charge in [-0.2, -0.15) is 0 Å². The minimum Gasteiger partial charge on any atom is -0.487 e. The minimum absolute atomic E-state index is 0.246. The van der Waals surface area contributed by atoms with Crippen LogP contribution in [-0.4, -0.2) is 11.1 Å². The van der Waals surface area contributed by atoms with Crippen molar-refractivity contribution >= 4 is 32.5 Å². The van der Waals surface area contributed by atoms with Crippen LogP contribution in [0.4, 0.5) is 5.69 Å². The lowest BCUT2D eigenvalue weighted by atomic mass is 9.82. The predicted molar refractivity (Wildman–Crippen MR) is 90.5 cm³/mol. The Kier molecular flexibility index (Phi) is 4.07. The van der Waals surface area contributed by atoms with Crippen molar-refractivity contribution in [2.45, 2.75) is 39.2 Å². The molecule has 1 aromatic carbocycles. The summed E-state index contributed by atoms with van der Waals surface area (Å²) >= 11 is 3.51. The fourth-order valence-corrected chi connectivity index (χ4v) is 3.78. The van der Waals surface area contributed by atoms with Crippen LogP contribution in [0.1, 0.15) is 33.1 Å². The van der Waals surface area contributed by atoms with E-state index in [4.69, 9.17) is 10.5 Å². The average molecular weight is 349 g/mol. The van der Waals surface area contributed by atoms with E-state index in [9.17, 15) is 0 Å². The number of hydrogen-bond donors (Lipinski definition) is 1. The lowest BCUT2D eigenvalue weighted by Gasteiger charge is -2.32. The molecule has 1 aromatic heterocycles. The van der Waals surface area contributed by atoms with Gasteiger partial charge in [0.25, 0.3) is 0 Å². The third kappa shape index (κ3) is 3.15. The number of nitrogen functional groups attached to an aromatic ring is 1.